The van der Waals surface area contributed by atoms with Gasteiger partial charge in [-0.3, -0.25) is 9.59 Å². The van der Waals surface area contributed by atoms with Gasteiger partial charge in [0, 0.05) is 12.8 Å². The molecule has 0 aliphatic rings. The first-order valence-corrected chi connectivity index (χ1v) is 33.7. The molecular weight excluding hydrogens is 923 g/mol. The molecule has 75 heavy (non-hydrogen) atoms. The topological polar surface area (TPSA) is 95.9 Å². The van der Waals surface area contributed by atoms with E-state index in [2.05, 4.69) is 55.6 Å². The Labute approximate surface area is 468 Å². The van der Waals surface area contributed by atoms with Crippen LogP contribution in [0.2, 0.25) is 0 Å². The highest BCUT2D eigenvalue weighted by Crippen LogP contribution is 2.18. The van der Waals surface area contributed by atoms with Crippen LogP contribution in [-0.2, 0) is 14.3 Å². The van der Waals surface area contributed by atoms with E-state index in [1.54, 1.807) is 0 Å². The maximum absolute atomic E-state index is 12.5. The Bertz CT molecular complexity index is 1210. The van der Waals surface area contributed by atoms with Crippen molar-refractivity contribution >= 4 is 11.9 Å². The number of allylic oxidation sites excluding steroid dienone is 6. The molecule has 0 saturated heterocycles. The van der Waals surface area contributed by atoms with Crippen LogP contribution in [0.5, 0.6) is 0 Å². The van der Waals surface area contributed by atoms with Crippen molar-refractivity contribution in [2.75, 3.05) is 13.2 Å². The molecule has 2 atom stereocenters. The maximum Gasteiger partial charge on any atom is 0.305 e. The van der Waals surface area contributed by atoms with Crippen molar-refractivity contribution in [2.24, 2.45) is 0 Å². The number of hydrogen-bond acceptors (Lipinski definition) is 5. The van der Waals surface area contributed by atoms with E-state index in [9.17, 15) is 19.8 Å². The van der Waals surface area contributed by atoms with Crippen LogP contribution in [-0.4, -0.2) is 47.4 Å². The lowest BCUT2D eigenvalue weighted by Crippen LogP contribution is -2.45. The molecule has 0 spiro atoms. The van der Waals surface area contributed by atoms with Crippen LogP contribution in [0.1, 0.15) is 367 Å². The van der Waals surface area contributed by atoms with Crippen molar-refractivity contribution in [3.05, 3.63) is 36.5 Å². The van der Waals surface area contributed by atoms with Gasteiger partial charge in [-0.2, -0.15) is 0 Å². The second-order valence-electron chi connectivity index (χ2n) is 23.1. The van der Waals surface area contributed by atoms with Crippen LogP contribution < -0.4 is 5.32 Å². The van der Waals surface area contributed by atoms with Crippen LogP contribution in [0.25, 0.3) is 0 Å². The number of hydrogen-bond donors (Lipinski definition) is 3. The number of aliphatic hydroxyl groups excluding tert-OH is 2. The lowest BCUT2D eigenvalue weighted by atomic mass is 10.0. The average Bonchev–Trinajstić information content (AvgIpc) is 3.41. The smallest absolute Gasteiger partial charge is 0.305 e. The monoisotopic (exact) mass is 1050 g/mol. The molecule has 0 heterocycles. The molecule has 6 heteroatoms. The quantitative estimate of drug-likeness (QED) is 0.0320. The van der Waals surface area contributed by atoms with E-state index >= 15 is 0 Å². The number of esters is 1. The predicted octanol–water partition coefficient (Wildman–Crippen LogP) is 21.5. The summed E-state index contributed by atoms with van der Waals surface area (Å²) in [6.07, 6.45) is 81.6. The van der Waals surface area contributed by atoms with Gasteiger partial charge in [0.05, 0.1) is 25.4 Å². The van der Waals surface area contributed by atoms with E-state index in [-0.39, 0.29) is 18.5 Å². The third-order valence-electron chi connectivity index (χ3n) is 15.7. The van der Waals surface area contributed by atoms with Crippen molar-refractivity contribution in [2.45, 2.75) is 379 Å². The summed E-state index contributed by atoms with van der Waals surface area (Å²) < 4.78 is 5.49. The molecular formula is C69H131NO5. The van der Waals surface area contributed by atoms with Gasteiger partial charge in [-0.25, -0.2) is 0 Å². The van der Waals surface area contributed by atoms with Crippen molar-refractivity contribution in [3.63, 3.8) is 0 Å². The summed E-state index contributed by atoms with van der Waals surface area (Å²) in [7, 11) is 0. The molecule has 1 amide bonds. The molecule has 0 aliphatic heterocycles. The Morgan fingerprint density at radius 2 is 0.667 bits per heavy atom. The summed E-state index contributed by atoms with van der Waals surface area (Å²) in [4.78, 5) is 24.6. The number of rotatable bonds is 63. The zero-order valence-electron chi connectivity index (χ0n) is 50.5. The van der Waals surface area contributed by atoms with Gasteiger partial charge in [-0.1, -0.05) is 307 Å². The molecule has 0 aromatic heterocycles. The van der Waals surface area contributed by atoms with Crippen molar-refractivity contribution in [3.8, 4) is 0 Å². The van der Waals surface area contributed by atoms with Gasteiger partial charge >= 0.3 is 5.97 Å². The Balaban J connectivity index is 3.44. The number of carbonyl (C=O) groups excluding carboxylic acids is 2. The largest absolute Gasteiger partial charge is 0.466 e. The van der Waals surface area contributed by atoms with Gasteiger partial charge in [0.1, 0.15) is 0 Å². The molecule has 0 aliphatic carbocycles. The summed E-state index contributed by atoms with van der Waals surface area (Å²) in [5.74, 6) is -0.0498. The van der Waals surface area contributed by atoms with Crippen molar-refractivity contribution in [1.82, 2.24) is 5.32 Å². The Morgan fingerprint density at radius 3 is 1.04 bits per heavy atom. The van der Waals surface area contributed by atoms with Gasteiger partial charge in [0.25, 0.3) is 0 Å². The third-order valence-corrected chi connectivity index (χ3v) is 15.7. The average molecular weight is 1050 g/mol. The van der Waals surface area contributed by atoms with Crippen LogP contribution in [0.15, 0.2) is 36.5 Å². The van der Waals surface area contributed by atoms with E-state index < -0.39 is 12.1 Å². The molecule has 0 saturated carbocycles. The van der Waals surface area contributed by atoms with Crippen molar-refractivity contribution < 1.29 is 24.5 Å². The molecule has 442 valence electrons. The first kappa shape index (κ1) is 73.1. The Kier molecular flexibility index (Phi) is 63.0. The van der Waals surface area contributed by atoms with Gasteiger partial charge in [0.15, 0.2) is 0 Å². The molecule has 0 bridgehead atoms. The molecule has 2 unspecified atom stereocenters. The fraction of sp³-hybridized carbons (Fsp3) is 0.884. The zero-order valence-corrected chi connectivity index (χ0v) is 50.5. The second kappa shape index (κ2) is 64.6. The van der Waals surface area contributed by atoms with Gasteiger partial charge < -0.3 is 20.3 Å². The van der Waals surface area contributed by atoms with Gasteiger partial charge in [0.2, 0.25) is 5.91 Å². The number of unbranched alkanes of at least 4 members (excludes halogenated alkanes) is 46. The summed E-state index contributed by atoms with van der Waals surface area (Å²) in [5, 5.41) is 23.4. The maximum atomic E-state index is 12.5. The minimum Gasteiger partial charge on any atom is -0.466 e. The normalized spacial score (nSPS) is 12.7. The van der Waals surface area contributed by atoms with E-state index in [1.165, 1.54) is 270 Å². The molecule has 0 aromatic rings. The molecule has 0 aromatic carbocycles. The van der Waals surface area contributed by atoms with Gasteiger partial charge in [-0.05, 0) is 83.5 Å². The van der Waals surface area contributed by atoms with E-state index in [4.69, 9.17) is 4.74 Å². The van der Waals surface area contributed by atoms with E-state index in [0.29, 0.717) is 25.9 Å². The van der Waals surface area contributed by atoms with E-state index in [0.717, 1.165) is 64.2 Å². The lowest BCUT2D eigenvalue weighted by molar-refractivity contribution is -0.143. The highest BCUT2D eigenvalue weighted by Gasteiger charge is 2.20. The number of aliphatic hydroxyl groups is 2. The summed E-state index contributed by atoms with van der Waals surface area (Å²) >= 11 is 0. The molecule has 0 fully saturated rings. The Hall–Kier alpha value is -1.92. The Morgan fingerprint density at radius 1 is 0.373 bits per heavy atom. The lowest BCUT2D eigenvalue weighted by Gasteiger charge is -2.22. The minimum absolute atomic E-state index is 0.00366. The second-order valence-corrected chi connectivity index (χ2v) is 23.1. The standard InChI is InChI=1S/C69H131NO5/c1-3-5-7-9-11-13-15-17-19-21-23-24-25-26-29-33-37-41-45-49-53-57-61-67(72)66(65-71)70-68(73)62-58-54-50-46-42-38-34-30-27-28-32-36-40-44-48-52-56-60-64-75-69(74)63-59-55-51-47-43-39-35-31-22-20-18-16-14-12-10-8-6-4-2/h14,16,20,22,30,34,66-67,71-72H,3-13,15,17-19,21,23-29,31-33,35-65H2,1-2H3,(H,70,73)/b16-14-,22-20-,34-30-. The SMILES string of the molecule is CCCCCC/C=C\C/C=C\CCCCCCCCCC(=O)OCCCCCCCCCCC/C=C\CCCCCCCC(=O)NC(CO)C(O)CCCCCCCCCCCCCCCCCCCCCCCC. The molecule has 3 N–H and O–H groups in total. The summed E-state index contributed by atoms with van der Waals surface area (Å²) in [6, 6.07) is -0.554. The zero-order chi connectivity index (χ0) is 54.3. The molecule has 0 rings (SSSR count). The number of carbonyl (C=O) groups is 2. The van der Waals surface area contributed by atoms with Crippen LogP contribution in [0.3, 0.4) is 0 Å². The fourth-order valence-electron chi connectivity index (χ4n) is 10.5. The van der Waals surface area contributed by atoms with Gasteiger partial charge in [-0.15, -0.1) is 0 Å². The van der Waals surface area contributed by atoms with Crippen LogP contribution in [0, 0.1) is 0 Å². The third kappa shape index (κ3) is 61.2. The van der Waals surface area contributed by atoms with E-state index in [1.807, 2.05) is 0 Å². The number of nitrogens with one attached hydrogen (secondary N) is 1. The predicted molar refractivity (Wildman–Crippen MR) is 329 cm³/mol. The highest BCUT2D eigenvalue weighted by molar-refractivity contribution is 5.76. The number of amides is 1. The fourth-order valence-corrected chi connectivity index (χ4v) is 10.5. The summed E-state index contributed by atoms with van der Waals surface area (Å²) in [6.45, 7) is 4.95. The first-order chi connectivity index (χ1) is 37.0. The summed E-state index contributed by atoms with van der Waals surface area (Å²) in [5.41, 5.74) is 0. The van der Waals surface area contributed by atoms with Crippen LogP contribution in [0.4, 0.5) is 0 Å². The van der Waals surface area contributed by atoms with Crippen molar-refractivity contribution in [1.29, 1.82) is 0 Å². The molecule has 6 nitrogen and oxygen atoms in total. The number of ether oxygens (including phenoxy) is 1. The highest BCUT2D eigenvalue weighted by atomic mass is 16.5. The molecule has 0 radical (unpaired) electrons. The minimum atomic E-state index is -0.675. The first-order valence-electron chi connectivity index (χ1n) is 33.7. The van der Waals surface area contributed by atoms with Crippen LogP contribution >= 0.6 is 0 Å².